The Morgan fingerprint density at radius 2 is 1.75 bits per heavy atom. The lowest BCUT2D eigenvalue weighted by Crippen LogP contribution is -2.28. The molecule has 0 unspecified atom stereocenters. The third-order valence-corrected chi connectivity index (χ3v) is 6.42. The smallest absolute Gasteiger partial charge is 0.261 e. The number of rotatable bonds is 4. The van der Waals surface area contributed by atoms with E-state index in [0.717, 1.165) is 22.1 Å². The van der Waals surface area contributed by atoms with Gasteiger partial charge in [-0.05, 0) is 66.6 Å². The van der Waals surface area contributed by atoms with Crippen molar-refractivity contribution < 1.29 is 13.2 Å². The van der Waals surface area contributed by atoms with Crippen molar-refractivity contribution in [2.75, 3.05) is 16.2 Å². The van der Waals surface area contributed by atoms with Crippen LogP contribution >= 0.6 is 15.9 Å². The molecule has 0 fully saturated rings. The number of hydrogen-bond donors (Lipinski definition) is 1. The van der Waals surface area contributed by atoms with Crippen molar-refractivity contribution in [2.24, 2.45) is 0 Å². The van der Waals surface area contributed by atoms with Gasteiger partial charge in [0.15, 0.2) is 0 Å². The van der Waals surface area contributed by atoms with Crippen LogP contribution in [0.5, 0.6) is 0 Å². The van der Waals surface area contributed by atoms with E-state index >= 15 is 0 Å². The zero-order valence-electron chi connectivity index (χ0n) is 14.7. The Hall–Kier alpha value is -2.71. The van der Waals surface area contributed by atoms with Gasteiger partial charge in [-0.15, -0.1) is 0 Å². The fraction of sp³-hybridized carbons (Fsp3) is 0.100. The van der Waals surface area contributed by atoms with Crippen LogP contribution in [0.3, 0.4) is 0 Å². The molecule has 2 heterocycles. The molecule has 0 saturated heterocycles. The number of halogens is 1. The van der Waals surface area contributed by atoms with E-state index < -0.39 is 10.0 Å². The molecule has 0 atom stereocenters. The summed E-state index contributed by atoms with van der Waals surface area (Å²) in [6, 6.07) is 14.9. The summed E-state index contributed by atoms with van der Waals surface area (Å²) in [5, 5.41) is 0. The Morgan fingerprint density at radius 1 is 1.04 bits per heavy atom. The zero-order chi connectivity index (χ0) is 19.7. The van der Waals surface area contributed by atoms with Gasteiger partial charge >= 0.3 is 0 Å². The summed E-state index contributed by atoms with van der Waals surface area (Å²) in [5.41, 5.74) is 2.88. The van der Waals surface area contributed by atoms with Gasteiger partial charge in [0.05, 0.1) is 10.6 Å². The SMILES string of the molecule is O=C(c1ccc(S(=O)(=O)Nc2ccncc2)cc1)N1CCc2cc(Br)ccc21. The quantitative estimate of drug-likeness (QED) is 0.644. The number of sulfonamides is 1. The molecule has 1 N–H and O–H groups in total. The Kier molecular flexibility index (Phi) is 4.91. The van der Waals surface area contributed by atoms with E-state index in [2.05, 4.69) is 25.6 Å². The predicted molar refractivity (Wildman–Crippen MR) is 111 cm³/mol. The summed E-state index contributed by atoms with van der Waals surface area (Å²) in [5.74, 6) is -0.146. The van der Waals surface area contributed by atoms with Gasteiger partial charge in [0.2, 0.25) is 0 Å². The van der Waals surface area contributed by atoms with Crippen LogP contribution < -0.4 is 9.62 Å². The average Bonchev–Trinajstić information content (AvgIpc) is 3.11. The number of benzene rings is 2. The van der Waals surface area contributed by atoms with Crippen molar-refractivity contribution >= 4 is 43.2 Å². The highest BCUT2D eigenvalue weighted by molar-refractivity contribution is 9.10. The molecule has 0 bridgehead atoms. The Balaban J connectivity index is 1.55. The first-order valence-electron chi connectivity index (χ1n) is 8.57. The van der Waals surface area contributed by atoms with Crippen LogP contribution in [-0.2, 0) is 16.4 Å². The Labute approximate surface area is 171 Å². The van der Waals surface area contributed by atoms with Crippen LogP contribution in [0.25, 0.3) is 0 Å². The monoisotopic (exact) mass is 457 g/mol. The minimum Gasteiger partial charge on any atom is -0.308 e. The van der Waals surface area contributed by atoms with Crippen molar-refractivity contribution in [3.8, 4) is 0 Å². The topological polar surface area (TPSA) is 79.4 Å². The second kappa shape index (κ2) is 7.37. The van der Waals surface area contributed by atoms with E-state index in [0.29, 0.717) is 17.8 Å². The molecule has 4 rings (SSSR count). The van der Waals surface area contributed by atoms with E-state index in [-0.39, 0.29) is 10.8 Å². The van der Waals surface area contributed by atoms with E-state index in [9.17, 15) is 13.2 Å². The summed E-state index contributed by atoms with van der Waals surface area (Å²) < 4.78 is 28.5. The lowest BCUT2D eigenvalue weighted by atomic mass is 10.1. The molecule has 1 aliphatic heterocycles. The molecule has 3 aromatic rings. The highest BCUT2D eigenvalue weighted by atomic mass is 79.9. The number of hydrogen-bond acceptors (Lipinski definition) is 4. The first-order valence-corrected chi connectivity index (χ1v) is 10.8. The van der Waals surface area contributed by atoms with Crippen LogP contribution in [0.4, 0.5) is 11.4 Å². The molecule has 28 heavy (non-hydrogen) atoms. The van der Waals surface area contributed by atoms with Crippen molar-refractivity contribution in [3.05, 3.63) is 82.6 Å². The normalized spacial score (nSPS) is 13.2. The summed E-state index contributed by atoms with van der Waals surface area (Å²) in [6.07, 6.45) is 3.81. The maximum Gasteiger partial charge on any atom is 0.261 e. The molecule has 1 amide bonds. The maximum absolute atomic E-state index is 12.9. The van der Waals surface area contributed by atoms with Gasteiger partial charge in [0.25, 0.3) is 15.9 Å². The number of pyridine rings is 1. The number of amides is 1. The van der Waals surface area contributed by atoms with Gasteiger partial charge in [-0.1, -0.05) is 15.9 Å². The molecule has 6 nitrogen and oxygen atoms in total. The maximum atomic E-state index is 12.9. The standard InChI is InChI=1S/C20H16BrN3O3S/c21-16-3-6-19-15(13-16)9-12-24(19)20(25)14-1-4-18(5-2-14)28(26,27)23-17-7-10-22-11-8-17/h1-8,10-11,13H,9,12H2,(H,22,23). The molecule has 0 saturated carbocycles. The fourth-order valence-electron chi connectivity index (χ4n) is 3.15. The molecule has 0 aliphatic carbocycles. The van der Waals surface area contributed by atoms with E-state index in [4.69, 9.17) is 0 Å². The highest BCUT2D eigenvalue weighted by Gasteiger charge is 2.26. The Morgan fingerprint density at radius 3 is 2.46 bits per heavy atom. The molecule has 142 valence electrons. The molecule has 0 spiro atoms. The third kappa shape index (κ3) is 3.65. The number of anilines is 2. The minimum atomic E-state index is -3.74. The molecular weight excluding hydrogens is 442 g/mol. The number of aromatic nitrogens is 1. The third-order valence-electron chi connectivity index (χ3n) is 4.53. The summed E-state index contributed by atoms with van der Waals surface area (Å²) >= 11 is 3.45. The first-order chi connectivity index (χ1) is 13.4. The van der Waals surface area contributed by atoms with Crippen LogP contribution in [0, 0.1) is 0 Å². The predicted octanol–water partition coefficient (Wildman–Crippen LogP) is 3.85. The van der Waals surface area contributed by atoms with Gasteiger partial charge in [0, 0.05) is 34.7 Å². The van der Waals surface area contributed by atoms with Gasteiger partial charge in [-0.2, -0.15) is 0 Å². The number of carbonyl (C=O) groups excluding carboxylic acids is 1. The van der Waals surface area contributed by atoms with Crippen molar-refractivity contribution in [1.29, 1.82) is 0 Å². The van der Waals surface area contributed by atoms with Gasteiger partial charge in [0.1, 0.15) is 0 Å². The lowest BCUT2D eigenvalue weighted by molar-refractivity contribution is 0.0989. The molecule has 1 aromatic heterocycles. The van der Waals surface area contributed by atoms with E-state index in [1.54, 1.807) is 29.2 Å². The molecular formula is C20H16BrN3O3S. The first kappa shape index (κ1) is 18.6. The van der Waals surface area contributed by atoms with Crippen LogP contribution in [0.1, 0.15) is 15.9 Å². The molecule has 2 aromatic carbocycles. The number of nitrogens with zero attached hydrogens (tertiary/aromatic N) is 2. The van der Waals surface area contributed by atoms with Gasteiger partial charge in [-0.3, -0.25) is 14.5 Å². The van der Waals surface area contributed by atoms with Gasteiger partial charge in [-0.25, -0.2) is 8.42 Å². The van der Waals surface area contributed by atoms with E-state index in [1.165, 1.54) is 24.5 Å². The number of nitrogens with one attached hydrogen (secondary N) is 1. The minimum absolute atomic E-state index is 0.0895. The second-order valence-corrected chi connectivity index (χ2v) is 8.94. The van der Waals surface area contributed by atoms with E-state index in [1.807, 2.05) is 18.2 Å². The van der Waals surface area contributed by atoms with Crippen molar-refractivity contribution in [2.45, 2.75) is 11.3 Å². The number of carbonyl (C=O) groups is 1. The molecule has 8 heteroatoms. The lowest BCUT2D eigenvalue weighted by Gasteiger charge is -2.17. The summed E-state index contributed by atoms with van der Waals surface area (Å²) in [6.45, 7) is 0.605. The fourth-order valence-corrected chi connectivity index (χ4v) is 4.61. The average molecular weight is 458 g/mol. The van der Waals surface area contributed by atoms with Crippen molar-refractivity contribution in [1.82, 2.24) is 4.98 Å². The zero-order valence-corrected chi connectivity index (χ0v) is 17.1. The second-order valence-electron chi connectivity index (χ2n) is 6.35. The highest BCUT2D eigenvalue weighted by Crippen LogP contribution is 2.31. The van der Waals surface area contributed by atoms with Crippen LogP contribution in [-0.4, -0.2) is 25.9 Å². The van der Waals surface area contributed by atoms with Crippen LogP contribution in [0.15, 0.2) is 76.4 Å². The Bertz CT molecular complexity index is 1130. The molecule has 0 radical (unpaired) electrons. The summed E-state index contributed by atoms with van der Waals surface area (Å²) in [7, 11) is -3.74. The van der Waals surface area contributed by atoms with Crippen LogP contribution in [0.2, 0.25) is 0 Å². The van der Waals surface area contributed by atoms with Gasteiger partial charge < -0.3 is 4.90 Å². The molecule has 1 aliphatic rings. The largest absolute Gasteiger partial charge is 0.308 e. The number of fused-ring (bicyclic) bond motifs is 1. The van der Waals surface area contributed by atoms with Crippen molar-refractivity contribution in [3.63, 3.8) is 0 Å². The summed E-state index contributed by atoms with van der Waals surface area (Å²) in [4.78, 5) is 18.6.